The van der Waals surface area contributed by atoms with E-state index < -0.39 is 12.0 Å². The Morgan fingerprint density at radius 1 is 1.50 bits per heavy atom. The van der Waals surface area contributed by atoms with Crippen molar-refractivity contribution in [1.82, 2.24) is 0 Å². The van der Waals surface area contributed by atoms with Crippen molar-refractivity contribution in [2.45, 2.75) is 38.3 Å². The van der Waals surface area contributed by atoms with Gasteiger partial charge in [0.15, 0.2) is 0 Å². The molecule has 1 aromatic carbocycles. The summed E-state index contributed by atoms with van der Waals surface area (Å²) in [4.78, 5) is 23.2. The molecule has 0 aliphatic carbocycles. The number of ether oxygens (including phenoxy) is 1. The Morgan fingerprint density at radius 3 is 2.95 bits per heavy atom. The van der Waals surface area contributed by atoms with Crippen molar-refractivity contribution in [3.8, 4) is 0 Å². The van der Waals surface area contributed by atoms with Gasteiger partial charge in [0.1, 0.15) is 18.7 Å². The number of hydrogen-bond donors (Lipinski definition) is 2. The third-order valence-electron chi connectivity index (χ3n) is 3.72. The van der Waals surface area contributed by atoms with Gasteiger partial charge in [-0.15, -0.1) is 0 Å². The minimum Gasteiger partial charge on any atom is -0.544 e. The molecule has 0 spiro atoms. The zero-order valence-corrected chi connectivity index (χ0v) is 12.7. The number of aryl methyl sites for hydroxylation is 1. The first-order valence-corrected chi connectivity index (χ1v) is 7.57. The largest absolute Gasteiger partial charge is 0.544 e. The van der Waals surface area contributed by atoms with E-state index in [9.17, 15) is 14.7 Å². The van der Waals surface area contributed by atoms with Gasteiger partial charge in [0.05, 0.1) is 12.4 Å². The molecule has 0 aromatic heterocycles. The minimum absolute atomic E-state index is 0.0710. The maximum absolute atomic E-state index is 12.0. The summed E-state index contributed by atoms with van der Waals surface area (Å²) in [6, 6.07) is 6.48. The second-order valence-corrected chi connectivity index (χ2v) is 5.65. The Labute approximate surface area is 129 Å². The van der Waals surface area contributed by atoms with Gasteiger partial charge in [-0.2, -0.15) is 0 Å². The van der Waals surface area contributed by atoms with Crippen molar-refractivity contribution in [3.63, 3.8) is 0 Å². The van der Waals surface area contributed by atoms with Gasteiger partial charge in [-0.1, -0.05) is 12.1 Å². The molecule has 2 atom stereocenters. The van der Waals surface area contributed by atoms with E-state index in [2.05, 4.69) is 5.32 Å². The third kappa shape index (κ3) is 5.13. The van der Waals surface area contributed by atoms with Gasteiger partial charge in [0.25, 0.3) is 0 Å². The van der Waals surface area contributed by atoms with E-state index >= 15 is 0 Å². The molecular weight excluding hydrogens is 284 g/mol. The van der Waals surface area contributed by atoms with Gasteiger partial charge in [-0.05, 0) is 37.5 Å². The number of amides is 1. The fourth-order valence-corrected chi connectivity index (χ4v) is 2.54. The molecule has 0 radical (unpaired) electrons. The van der Waals surface area contributed by atoms with Crippen LogP contribution in [0, 0.1) is 6.92 Å². The Balaban J connectivity index is 1.84. The molecule has 1 aromatic rings. The third-order valence-corrected chi connectivity index (χ3v) is 3.72. The van der Waals surface area contributed by atoms with Crippen molar-refractivity contribution in [1.29, 1.82) is 0 Å². The molecule has 120 valence electrons. The first-order valence-electron chi connectivity index (χ1n) is 7.57. The maximum Gasteiger partial charge on any atom is 0.230 e. The summed E-state index contributed by atoms with van der Waals surface area (Å²) < 4.78 is 5.45. The highest BCUT2D eigenvalue weighted by molar-refractivity contribution is 5.93. The van der Waals surface area contributed by atoms with Gasteiger partial charge < -0.3 is 25.3 Å². The zero-order chi connectivity index (χ0) is 15.9. The Hall–Kier alpha value is -1.92. The van der Waals surface area contributed by atoms with E-state index in [-0.39, 0.29) is 18.4 Å². The topological polar surface area (TPSA) is 95.1 Å². The molecule has 1 saturated heterocycles. The normalized spacial score (nSPS) is 18.9. The predicted octanol–water partition coefficient (Wildman–Crippen LogP) is -0.815. The van der Waals surface area contributed by atoms with Crippen LogP contribution in [0.4, 0.5) is 5.69 Å². The number of carboxylic acids is 1. The van der Waals surface area contributed by atoms with Crippen molar-refractivity contribution >= 4 is 17.6 Å². The summed E-state index contributed by atoms with van der Waals surface area (Å²) in [5.74, 6) is -1.55. The molecule has 6 nitrogen and oxygen atoms in total. The predicted molar refractivity (Wildman–Crippen MR) is 79.0 cm³/mol. The number of benzene rings is 1. The highest BCUT2D eigenvalue weighted by atomic mass is 16.5. The fourth-order valence-electron chi connectivity index (χ4n) is 2.54. The number of hydrogen-bond acceptors (Lipinski definition) is 4. The van der Waals surface area contributed by atoms with Crippen LogP contribution in [-0.4, -0.2) is 37.2 Å². The number of nitrogens with one attached hydrogen (secondary N) is 1. The summed E-state index contributed by atoms with van der Waals surface area (Å²) in [5, 5.41) is 15.5. The average molecular weight is 306 g/mol. The first kappa shape index (κ1) is 16.5. The van der Waals surface area contributed by atoms with Crippen LogP contribution in [0.3, 0.4) is 0 Å². The molecule has 1 aliphatic rings. The summed E-state index contributed by atoms with van der Waals surface area (Å²) in [7, 11) is 0. The van der Waals surface area contributed by atoms with Crippen LogP contribution >= 0.6 is 0 Å². The number of rotatable bonds is 7. The zero-order valence-electron chi connectivity index (χ0n) is 12.7. The number of aliphatic carboxylic acids is 1. The summed E-state index contributed by atoms with van der Waals surface area (Å²) in [6.45, 7) is 3.19. The van der Waals surface area contributed by atoms with E-state index in [1.807, 2.05) is 25.1 Å². The molecule has 22 heavy (non-hydrogen) atoms. The monoisotopic (exact) mass is 306 g/mol. The van der Waals surface area contributed by atoms with Crippen molar-refractivity contribution in [2.24, 2.45) is 0 Å². The van der Waals surface area contributed by atoms with E-state index in [0.717, 1.165) is 25.0 Å². The number of carbonyl (C=O) groups is 2. The smallest absolute Gasteiger partial charge is 0.230 e. The standard InChI is InChI=1S/C16H22N2O4/c1-11-4-2-5-12(8-11)18-15(19)9-14(16(20)21)17-10-13-6-3-7-22-13/h2,4-5,8,13-14,17H,3,6-7,9-10H2,1H3,(H,18,19)(H,20,21)/t13-,14+/m1/s1. The number of anilines is 1. The van der Waals surface area contributed by atoms with E-state index in [1.54, 1.807) is 11.4 Å². The Morgan fingerprint density at radius 2 is 2.32 bits per heavy atom. The lowest BCUT2D eigenvalue weighted by Gasteiger charge is -2.18. The van der Waals surface area contributed by atoms with Gasteiger partial charge >= 0.3 is 0 Å². The Kier molecular flexibility index (Phi) is 5.91. The second-order valence-electron chi connectivity index (χ2n) is 5.65. The first-order chi connectivity index (χ1) is 10.5. The maximum atomic E-state index is 12.0. The molecule has 3 N–H and O–H groups in total. The van der Waals surface area contributed by atoms with Crippen molar-refractivity contribution < 1.29 is 24.7 Å². The lowest BCUT2D eigenvalue weighted by atomic mass is 10.1. The highest BCUT2D eigenvalue weighted by Gasteiger charge is 2.23. The van der Waals surface area contributed by atoms with Crippen LogP contribution < -0.4 is 15.7 Å². The van der Waals surface area contributed by atoms with Crippen molar-refractivity contribution in [2.75, 3.05) is 18.5 Å². The van der Waals surface area contributed by atoms with E-state index in [1.165, 1.54) is 0 Å². The number of nitrogens with two attached hydrogens (primary N) is 1. The lowest BCUT2D eigenvalue weighted by Crippen LogP contribution is -2.94. The minimum atomic E-state index is -1.22. The van der Waals surface area contributed by atoms with Crippen LogP contribution in [0.25, 0.3) is 0 Å². The van der Waals surface area contributed by atoms with Gasteiger partial charge in [-0.25, -0.2) is 0 Å². The van der Waals surface area contributed by atoms with E-state index in [4.69, 9.17) is 4.74 Å². The molecule has 1 heterocycles. The lowest BCUT2D eigenvalue weighted by molar-refractivity contribution is -0.687. The van der Waals surface area contributed by atoms with Crippen LogP contribution in [0.15, 0.2) is 24.3 Å². The van der Waals surface area contributed by atoms with Gasteiger partial charge in [0.2, 0.25) is 5.91 Å². The SMILES string of the molecule is Cc1cccc(NC(=O)C[C@H]([NH2+]C[C@H]2CCCO2)C(=O)[O-])c1. The molecule has 0 saturated carbocycles. The van der Waals surface area contributed by atoms with Gasteiger partial charge in [0, 0.05) is 12.3 Å². The van der Waals surface area contributed by atoms with Crippen LogP contribution in [0.1, 0.15) is 24.8 Å². The molecule has 1 aliphatic heterocycles. The average Bonchev–Trinajstić information content (AvgIpc) is 2.96. The fraction of sp³-hybridized carbons (Fsp3) is 0.500. The quantitative estimate of drug-likeness (QED) is 0.688. The highest BCUT2D eigenvalue weighted by Crippen LogP contribution is 2.11. The molecule has 0 unspecified atom stereocenters. The molecular formula is C16H22N2O4. The molecule has 2 rings (SSSR count). The molecule has 6 heteroatoms. The summed E-state index contributed by atoms with van der Waals surface area (Å²) in [5.41, 5.74) is 1.69. The Bertz CT molecular complexity index is 527. The number of carboxylic acid groups (broad SMARTS) is 1. The molecule has 0 bridgehead atoms. The van der Waals surface area contributed by atoms with Crippen LogP contribution in [0.5, 0.6) is 0 Å². The summed E-state index contributed by atoms with van der Waals surface area (Å²) in [6.07, 6.45) is 1.89. The van der Waals surface area contributed by atoms with Crippen LogP contribution in [0.2, 0.25) is 0 Å². The van der Waals surface area contributed by atoms with E-state index in [0.29, 0.717) is 12.2 Å². The van der Waals surface area contributed by atoms with Crippen LogP contribution in [-0.2, 0) is 14.3 Å². The molecule has 1 fully saturated rings. The van der Waals surface area contributed by atoms with Crippen molar-refractivity contribution in [3.05, 3.63) is 29.8 Å². The molecule has 1 amide bonds. The number of quaternary nitrogens is 1. The van der Waals surface area contributed by atoms with Gasteiger partial charge in [-0.3, -0.25) is 4.79 Å². The summed E-state index contributed by atoms with van der Waals surface area (Å²) >= 11 is 0. The number of carbonyl (C=O) groups excluding carboxylic acids is 2. The second kappa shape index (κ2) is 7.91.